The molecule has 0 aliphatic carbocycles. The normalized spacial score (nSPS) is 14.1. The van der Waals surface area contributed by atoms with Crippen LogP contribution in [0.4, 0.5) is 5.69 Å². The van der Waals surface area contributed by atoms with E-state index in [0.29, 0.717) is 33.2 Å². The average Bonchev–Trinajstić information content (AvgIpc) is 2.92. The van der Waals surface area contributed by atoms with E-state index in [1.807, 2.05) is 19.1 Å². The Labute approximate surface area is 171 Å². The van der Waals surface area contributed by atoms with Crippen molar-refractivity contribution in [2.24, 2.45) is 0 Å². The number of halogens is 1. The Morgan fingerprint density at radius 1 is 1.04 bits per heavy atom. The minimum atomic E-state index is -0.500. The van der Waals surface area contributed by atoms with Gasteiger partial charge in [0, 0.05) is 23.7 Å². The molecule has 2 aromatic rings. The number of nitro benzene ring substituents is 1. The SMILES string of the molecule is CCSC1=C(c2ccc([N+](=O)[O-])cc2)C(=O)N(CCc2ccc(Cl)cc2)C1=O. The Balaban J connectivity index is 1.85. The summed E-state index contributed by atoms with van der Waals surface area (Å²) >= 11 is 7.19. The molecule has 8 heteroatoms. The lowest BCUT2D eigenvalue weighted by atomic mass is 10.1. The maximum absolute atomic E-state index is 13.0. The first kappa shape index (κ1) is 20.1. The molecule has 0 saturated heterocycles. The topological polar surface area (TPSA) is 80.5 Å². The van der Waals surface area contributed by atoms with Crippen molar-refractivity contribution in [3.05, 3.63) is 79.7 Å². The minimum absolute atomic E-state index is 0.0644. The first-order valence-corrected chi connectivity index (χ1v) is 10.0. The smallest absolute Gasteiger partial charge is 0.269 e. The Bertz CT molecular complexity index is 955. The Hall–Kier alpha value is -2.64. The highest BCUT2D eigenvalue weighted by Gasteiger charge is 2.38. The number of thioether (sulfide) groups is 1. The van der Waals surface area contributed by atoms with Gasteiger partial charge in [-0.15, -0.1) is 11.8 Å². The highest BCUT2D eigenvalue weighted by Crippen LogP contribution is 2.36. The van der Waals surface area contributed by atoms with Gasteiger partial charge in [0.1, 0.15) is 0 Å². The molecule has 1 heterocycles. The third-order valence-electron chi connectivity index (χ3n) is 4.32. The van der Waals surface area contributed by atoms with E-state index in [0.717, 1.165) is 5.56 Å². The molecule has 2 aromatic carbocycles. The van der Waals surface area contributed by atoms with E-state index in [9.17, 15) is 19.7 Å². The van der Waals surface area contributed by atoms with Crippen molar-refractivity contribution >= 4 is 46.4 Å². The van der Waals surface area contributed by atoms with Crippen LogP contribution in [0.15, 0.2) is 53.4 Å². The number of non-ortho nitro benzene ring substituents is 1. The average molecular weight is 417 g/mol. The van der Waals surface area contributed by atoms with Crippen molar-refractivity contribution in [1.82, 2.24) is 4.90 Å². The van der Waals surface area contributed by atoms with Gasteiger partial charge in [-0.2, -0.15) is 0 Å². The van der Waals surface area contributed by atoms with E-state index in [2.05, 4.69) is 0 Å². The van der Waals surface area contributed by atoms with Gasteiger partial charge in [-0.3, -0.25) is 24.6 Å². The summed E-state index contributed by atoms with van der Waals surface area (Å²) in [6.07, 6.45) is 0.520. The molecule has 1 aliphatic rings. The molecule has 0 unspecified atom stereocenters. The second kappa shape index (κ2) is 8.58. The molecule has 28 heavy (non-hydrogen) atoms. The fraction of sp³-hybridized carbons (Fsp3) is 0.200. The number of rotatable bonds is 7. The van der Waals surface area contributed by atoms with Gasteiger partial charge >= 0.3 is 0 Å². The van der Waals surface area contributed by atoms with Crippen LogP contribution in [0.1, 0.15) is 18.1 Å². The van der Waals surface area contributed by atoms with E-state index >= 15 is 0 Å². The summed E-state index contributed by atoms with van der Waals surface area (Å²) in [5.41, 5.74) is 1.72. The summed E-state index contributed by atoms with van der Waals surface area (Å²) in [4.78, 5) is 37.8. The second-order valence-corrected chi connectivity index (χ2v) is 7.79. The number of benzene rings is 2. The maximum atomic E-state index is 13.0. The zero-order valence-electron chi connectivity index (χ0n) is 15.1. The highest BCUT2D eigenvalue weighted by molar-refractivity contribution is 8.04. The number of carbonyl (C=O) groups is 2. The highest BCUT2D eigenvalue weighted by atomic mass is 35.5. The molecule has 144 valence electrons. The van der Waals surface area contributed by atoms with E-state index < -0.39 is 4.92 Å². The molecule has 0 fully saturated rings. The van der Waals surface area contributed by atoms with Crippen LogP contribution in [0.3, 0.4) is 0 Å². The first-order valence-electron chi connectivity index (χ1n) is 8.65. The van der Waals surface area contributed by atoms with Gasteiger partial charge in [0.15, 0.2) is 0 Å². The molecule has 0 saturated carbocycles. The maximum Gasteiger partial charge on any atom is 0.269 e. The van der Waals surface area contributed by atoms with Crippen LogP contribution in [-0.2, 0) is 16.0 Å². The zero-order valence-corrected chi connectivity index (χ0v) is 16.6. The first-order chi connectivity index (χ1) is 13.4. The third kappa shape index (κ3) is 4.10. The molecule has 0 spiro atoms. The molecule has 0 bridgehead atoms. The Morgan fingerprint density at radius 2 is 1.68 bits per heavy atom. The molecule has 0 aromatic heterocycles. The summed E-state index contributed by atoms with van der Waals surface area (Å²) in [6, 6.07) is 13.0. The summed E-state index contributed by atoms with van der Waals surface area (Å²) in [6.45, 7) is 2.16. The van der Waals surface area contributed by atoms with Gasteiger partial charge in [-0.25, -0.2) is 0 Å². The van der Waals surface area contributed by atoms with Crippen LogP contribution >= 0.6 is 23.4 Å². The number of carbonyl (C=O) groups excluding carboxylic acids is 2. The van der Waals surface area contributed by atoms with Crippen molar-refractivity contribution in [3.63, 3.8) is 0 Å². The summed E-state index contributed by atoms with van der Waals surface area (Å²) in [5, 5.41) is 11.5. The third-order valence-corrected chi connectivity index (χ3v) is 5.53. The molecule has 0 N–H and O–H groups in total. The molecule has 3 rings (SSSR count). The van der Waals surface area contributed by atoms with Crippen molar-refractivity contribution < 1.29 is 14.5 Å². The number of imide groups is 1. The molecule has 0 radical (unpaired) electrons. The predicted molar refractivity (Wildman–Crippen MR) is 110 cm³/mol. The van der Waals surface area contributed by atoms with Gasteiger partial charge in [-0.05, 0) is 47.6 Å². The van der Waals surface area contributed by atoms with Crippen molar-refractivity contribution in [2.45, 2.75) is 13.3 Å². The molecular weight excluding hydrogens is 400 g/mol. The standard InChI is InChI=1S/C20H17ClN2O4S/c1-2-28-18-17(14-5-9-16(10-6-14)23(26)27)19(24)22(20(18)25)12-11-13-3-7-15(21)8-4-13/h3-10H,2,11-12H2,1H3. The fourth-order valence-corrected chi connectivity index (χ4v) is 3.93. The number of nitro groups is 1. The lowest BCUT2D eigenvalue weighted by Gasteiger charge is -2.15. The fourth-order valence-electron chi connectivity index (χ4n) is 2.93. The van der Waals surface area contributed by atoms with Crippen LogP contribution in [0.25, 0.3) is 5.57 Å². The number of hydrogen-bond donors (Lipinski definition) is 0. The predicted octanol–water partition coefficient (Wildman–Crippen LogP) is 4.32. The lowest BCUT2D eigenvalue weighted by Crippen LogP contribution is -2.33. The molecule has 0 atom stereocenters. The van der Waals surface area contributed by atoms with Gasteiger partial charge in [0.25, 0.3) is 17.5 Å². The molecule has 2 amide bonds. The molecule has 6 nitrogen and oxygen atoms in total. The minimum Gasteiger partial charge on any atom is -0.274 e. The van der Waals surface area contributed by atoms with Crippen molar-refractivity contribution in [2.75, 3.05) is 12.3 Å². The van der Waals surface area contributed by atoms with Gasteiger partial charge in [-0.1, -0.05) is 30.7 Å². The van der Waals surface area contributed by atoms with Gasteiger partial charge in [0.05, 0.1) is 15.4 Å². The van der Waals surface area contributed by atoms with E-state index in [1.54, 1.807) is 12.1 Å². The number of amides is 2. The van der Waals surface area contributed by atoms with Crippen LogP contribution in [0, 0.1) is 10.1 Å². The van der Waals surface area contributed by atoms with Crippen LogP contribution < -0.4 is 0 Å². The number of nitrogens with zero attached hydrogens (tertiary/aromatic N) is 2. The zero-order chi connectivity index (χ0) is 20.3. The number of hydrogen-bond acceptors (Lipinski definition) is 5. The monoisotopic (exact) mass is 416 g/mol. The van der Waals surface area contributed by atoms with Crippen molar-refractivity contribution in [3.8, 4) is 0 Å². The van der Waals surface area contributed by atoms with Crippen LogP contribution in [0.2, 0.25) is 5.02 Å². The summed E-state index contributed by atoms with van der Waals surface area (Å²) < 4.78 is 0. The Morgan fingerprint density at radius 3 is 2.25 bits per heavy atom. The summed E-state index contributed by atoms with van der Waals surface area (Å²) in [5.74, 6) is -0.0569. The van der Waals surface area contributed by atoms with E-state index in [-0.39, 0.29) is 24.0 Å². The molecule has 1 aliphatic heterocycles. The van der Waals surface area contributed by atoms with E-state index in [1.165, 1.54) is 40.9 Å². The Kier molecular flexibility index (Phi) is 6.16. The van der Waals surface area contributed by atoms with Gasteiger partial charge in [0.2, 0.25) is 0 Å². The van der Waals surface area contributed by atoms with Crippen LogP contribution in [-0.4, -0.2) is 33.9 Å². The largest absolute Gasteiger partial charge is 0.274 e. The molecular formula is C20H17ClN2O4S. The van der Waals surface area contributed by atoms with Crippen LogP contribution in [0.5, 0.6) is 0 Å². The second-order valence-electron chi connectivity index (χ2n) is 6.08. The lowest BCUT2D eigenvalue weighted by molar-refractivity contribution is -0.384. The quantitative estimate of drug-likeness (QED) is 0.381. The van der Waals surface area contributed by atoms with Crippen molar-refractivity contribution in [1.29, 1.82) is 0 Å². The van der Waals surface area contributed by atoms with E-state index in [4.69, 9.17) is 11.6 Å². The summed E-state index contributed by atoms with van der Waals surface area (Å²) in [7, 11) is 0. The van der Waals surface area contributed by atoms with Gasteiger partial charge < -0.3 is 0 Å².